The lowest BCUT2D eigenvalue weighted by molar-refractivity contribution is -0.384. The number of carbonyl (C=O) groups excluding carboxylic acids is 1. The van der Waals surface area contributed by atoms with Gasteiger partial charge < -0.3 is 0 Å². The predicted molar refractivity (Wildman–Crippen MR) is 83.5 cm³/mol. The molecule has 2 aromatic rings. The Morgan fingerprint density at radius 2 is 1.89 bits per heavy atom. The number of ketones is 1. The Kier molecular flexibility index (Phi) is 4.43. The summed E-state index contributed by atoms with van der Waals surface area (Å²) in [6, 6.07) is 9.73. The van der Waals surface area contributed by atoms with E-state index in [4.69, 9.17) is 0 Å². The zero-order valence-corrected chi connectivity index (χ0v) is 12.6. The third kappa shape index (κ3) is 3.71. The van der Waals surface area contributed by atoms with Gasteiger partial charge in [-0.3, -0.25) is 14.9 Å². The van der Waals surface area contributed by atoms with Gasteiger partial charge >= 0.3 is 0 Å². The molecule has 0 saturated carbocycles. The predicted octanol–water partition coefficient (Wildman–Crippen LogP) is 4.16. The molecule has 0 aliphatic carbocycles. The van der Waals surface area contributed by atoms with Crippen LogP contribution in [0.1, 0.15) is 15.2 Å². The molecule has 0 atom stereocenters. The fraction of sp³-hybridized carbons (Fsp3) is 0. The molecule has 0 bridgehead atoms. The highest BCUT2D eigenvalue weighted by molar-refractivity contribution is 14.1. The summed E-state index contributed by atoms with van der Waals surface area (Å²) in [5, 5.41) is 10.5. The number of hydrogen-bond acceptors (Lipinski definition) is 4. The van der Waals surface area contributed by atoms with Crippen molar-refractivity contribution in [1.82, 2.24) is 0 Å². The maximum absolute atomic E-state index is 11.8. The topological polar surface area (TPSA) is 60.2 Å². The molecule has 0 amide bonds. The molecule has 1 aromatic heterocycles. The van der Waals surface area contributed by atoms with E-state index in [0.717, 1.165) is 8.45 Å². The summed E-state index contributed by atoms with van der Waals surface area (Å²) < 4.78 is 1.06. The minimum atomic E-state index is -0.452. The number of thiophene rings is 1. The maximum atomic E-state index is 11.8. The molecule has 19 heavy (non-hydrogen) atoms. The molecule has 1 heterocycles. The Labute approximate surface area is 127 Å². The Hall–Kier alpha value is -1.54. The summed E-state index contributed by atoms with van der Waals surface area (Å²) in [5.41, 5.74) is 0.793. The minimum Gasteiger partial charge on any atom is -0.288 e. The average Bonchev–Trinajstić information content (AvgIpc) is 2.83. The largest absolute Gasteiger partial charge is 0.288 e. The van der Waals surface area contributed by atoms with Crippen LogP contribution >= 0.6 is 33.9 Å². The summed E-state index contributed by atoms with van der Waals surface area (Å²) in [6.45, 7) is 0. The van der Waals surface area contributed by atoms with E-state index < -0.39 is 4.92 Å². The first-order chi connectivity index (χ1) is 9.06. The standard InChI is InChI=1S/C13H8INO3S/c14-13-8-7-12(19-13)11(16)6-3-9-1-4-10(5-2-9)15(17)18/h1-8H/b6-3+. The third-order valence-electron chi connectivity index (χ3n) is 2.35. The smallest absolute Gasteiger partial charge is 0.269 e. The lowest BCUT2D eigenvalue weighted by atomic mass is 10.1. The number of non-ortho nitro benzene ring substituents is 1. The van der Waals surface area contributed by atoms with Crippen LogP contribution in [0.3, 0.4) is 0 Å². The van der Waals surface area contributed by atoms with Crippen LogP contribution in [0.4, 0.5) is 5.69 Å². The molecule has 1 aromatic carbocycles. The van der Waals surface area contributed by atoms with E-state index in [1.54, 1.807) is 24.3 Å². The van der Waals surface area contributed by atoms with Gasteiger partial charge in [-0.2, -0.15) is 0 Å². The van der Waals surface area contributed by atoms with Gasteiger partial charge in [-0.15, -0.1) is 11.3 Å². The molecule has 96 valence electrons. The molecule has 0 fully saturated rings. The second-order valence-corrected chi connectivity index (χ2v) is 6.63. The van der Waals surface area contributed by atoms with Gasteiger partial charge in [0.25, 0.3) is 5.69 Å². The van der Waals surface area contributed by atoms with Gasteiger partial charge in [0.2, 0.25) is 0 Å². The first-order valence-corrected chi connectivity index (χ1v) is 7.18. The fourth-order valence-corrected chi connectivity index (χ4v) is 2.95. The SMILES string of the molecule is O=C(/C=C/c1ccc([N+](=O)[O-])cc1)c1ccc(I)s1. The van der Waals surface area contributed by atoms with Crippen LogP contribution in [0.25, 0.3) is 6.08 Å². The van der Waals surface area contributed by atoms with Crippen molar-refractivity contribution in [2.75, 3.05) is 0 Å². The second kappa shape index (κ2) is 6.07. The van der Waals surface area contributed by atoms with Crippen LogP contribution in [-0.4, -0.2) is 10.7 Å². The maximum Gasteiger partial charge on any atom is 0.269 e. The lowest BCUT2D eigenvalue weighted by Crippen LogP contribution is -1.89. The molecule has 2 rings (SSSR count). The first-order valence-electron chi connectivity index (χ1n) is 5.28. The summed E-state index contributed by atoms with van der Waals surface area (Å²) in [5.74, 6) is -0.0636. The molecular formula is C13H8INO3S. The number of nitrogens with zero attached hydrogens (tertiary/aromatic N) is 1. The van der Waals surface area contributed by atoms with E-state index >= 15 is 0 Å². The van der Waals surface area contributed by atoms with Crippen LogP contribution in [0, 0.1) is 13.0 Å². The van der Waals surface area contributed by atoms with Crippen molar-refractivity contribution < 1.29 is 9.72 Å². The van der Waals surface area contributed by atoms with Crippen molar-refractivity contribution in [1.29, 1.82) is 0 Å². The molecule has 0 aliphatic rings. The highest BCUT2D eigenvalue weighted by Gasteiger charge is 2.05. The van der Waals surface area contributed by atoms with Crippen LogP contribution < -0.4 is 0 Å². The minimum absolute atomic E-state index is 0.0382. The fourth-order valence-electron chi connectivity index (χ4n) is 1.41. The van der Waals surface area contributed by atoms with E-state index in [1.165, 1.54) is 29.5 Å². The number of rotatable bonds is 4. The molecule has 6 heteroatoms. The summed E-state index contributed by atoms with van der Waals surface area (Å²) in [6.07, 6.45) is 3.13. The van der Waals surface area contributed by atoms with E-state index in [0.29, 0.717) is 4.88 Å². The molecule has 0 radical (unpaired) electrons. The number of nitro groups is 1. The molecule has 0 spiro atoms. The Morgan fingerprint density at radius 3 is 2.42 bits per heavy atom. The van der Waals surface area contributed by atoms with Gasteiger partial charge in [-0.25, -0.2) is 0 Å². The quantitative estimate of drug-likeness (QED) is 0.261. The van der Waals surface area contributed by atoms with Crippen molar-refractivity contribution in [3.63, 3.8) is 0 Å². The monoisotopic (exact) mass is 385 g/mol. The number of halogens is 1. The highest BCUT2D eigenvalue weighted by Crippen LogP contribution is 2.19. The van der Waals surface area contributed by atoms with Gasteiger partial charge in [-0.1, -0.05) is 6.08 Å². The van der Waals surface area contributed by atoms with E-state index in [-0.39, 0.29) is 11.5 Å². The number of carbonyl (C=O) groups is 1. The molecule has 0 unspecified atom stereocenters. The van der Waals surface area contributed by atoms with Gasteiger partial charge in [0.15, 0.2) is 5.78 Å². The summed E-state index contributed by atoms with van der Waals surface area (Å²) in [7, 11) is 0. The van der Waals surface area contributed by atoms with Crippen LogP contribution in [0.15, 0.2) is 42.5 Å². The van der Waals surface area contributed by atoms with Gasteiger partial charge in [0.05, 0.1) is 12.7 Å². The molecule has 0 saturated heterocycles. The summed E-state index contributed by atoms with van der Waals surface area (Å²) >= 11 is 3.60. The van der Waals surface area contributed by atoms with Crippen molar-refractivity contribution in [3.8, 4) is 0 Å². The van der Waals surface area contributed by atoms with Gasteiger partial charge in [0.1, 0.15) is 0 Å². The van der Waals surface area contributed by atoms with Crippen molar-refractivity contribution in [2.24, 2.45) is 0 Å². The number of hydrogen-bond donors (Lipinski definition) is 0. The number of allylic oxidation sites excluding steroid dienone is 1. The average molecular weight is 385 g/mol. The molecule has 4 nitrogen and oxygen atoms in total. The summed E-state index contributed by atoms with van der Waals surface area (Å²) in [4.78, 5) is 22.5. The van der Waals surface area contributed by atoms with Gasteiger partial charge in [-0.05, 0) is 58.5 Å². The molecular weight excluding hydrogens is 377 g/mol. The van der Waals surface area contributed by atoms with Crippen LogP contribution in [-0.2, 0) is 0 Å². The van der Waals surface area contributed by atoms with Crippen LogP contribution in [0.5, 0.6) is 0 Å². The lowest BCUT2D eigenvalue weighted by Gasteiger charge is -1.93. The zero-order valence-electron chi connectivity index (χ0n) is 9.58. The normalized spacial score (nSPS) is 10.8. The van der Waals surface area contributed by atoms with E-state index in [1.807, 2.05) is 6.07 Å². The Balaban J connectivity index is 2.10. The first kappa shape index (κ1) is 13.9. The number of benzene rings is 1. The Bertz CT molecular complexity index is 646. The van der Waals surface area contributed by atoms with Crippen molar-refractivity contribution in [2.45, 2.75) is 0 Å². The van der Waals surface area contributed by atoms with Crippen LogP contribution in [0.2, 0.25) is 0 Å². The van der Waals surface area contributed by atoms with Crippen molar-refractivity contribution >= 4 is 51.5 Å². The zero-order chi connectivity index (χ0) is 13.8. The number of nitro benzene ring substituents is 1. The molecule has 0 N–H and O–H groups in total. The van der Waals surface area contributed by atoms with E-state index in [9.17, 15) is 14.9 Å². The van der Waals surface area contributed by atoms with Crippen molar-refractivity contribution in [3.05, 3.63) is 65.9 Å². The third-order valence-corrected chi connectivity index (χ3v) is 4.26. The Morgan fingerprint density at radius 1 is 1.21 bits per heavy atom. The molecule has 0 aliphatic heterocycles. The van der Waals surface area contributed by atoms with Gasteiger partial charge in [0, 0.05) is 12.1 Å². The van der Waals surface area contributed by atoms with E-state index in [2.05, 4.69) is 22.6 Å². The second-order valence-electron chi connectivity index (χ2n) is 3.65. The highest BCUT2D eigenvalue weighted by atomic mass is 127.